The van der Waals surface area contributed by atoms with E-state index in [-0.39, 0.29) is 11.9 Å². The van der Waals surface area contributed by atoms with Gasteiger partial charge >= 0.3 is 0 Å². The molecule has 0 saturated heterocycles. The van der Waals surface area contributed by atoms with E-state index >= 15 is 0 Å². The van der Waals surface area contributed by atoms with Gasteiger partial charge in [-0.25, -0.2) is 4.39 Å². The zero-order valence-electron chi connectivity index (χ0n) is 16.2. The van der Waals surface area contributed by atoms with Gasteiger partial charge in [-0.3, -0.25) is 0 Å². The lowest BCUT2D eigenvalue weighted by Gasteiger charge is -2.20. The molecule has 0 aliphatic rings. The van der Waals surface area contributed by atoms with Gasteiger partial charge in [0.2, 0.25) is 0 Å². The third-order valence-corrected chi connectivity index (χ3v) is 5.47. The predicted molar refractivity (Wildman–Crippen MR) is 131 cm³/mol. The maximum absolute atomic E-state index is 13.4. The Hall–Kier alpha value is -1.23. The van der Waals surface area contributed by atoms with Gasteiger partial charge in [0.25, 0.3) is 0 Å². The summed E-state index contributed by atoms with van der Waals surface area (Å²) < 4.78 is 18.8. The normalized spacial score (nSPS) is 11.4. The van der Waals surface area contributed by atoms with Crippen molar-refractivity contribution < 1.29 is 8.57 Å². The Morgan fingerprint density at radius 2 is 1.83 bits per heavy atom. The molecule has 0 fully saturated rings. The minimum Gasteiger partial charge on any atom is -0.378 e. The van der Waals surface area contributed by atoms with Crippen LogP contribution in [-0.2, 0) is 10.8 Å². The molecule has 0 saturated carbocycles. The van der Waals surface area contributed by atoms with E-state index in [1.807, 2.05) is 42.7 Å². The summed E-state index contributed by atoms with van der Waals surface area (Å²) in [7, 11) is 2.62. The van der Waals surface area contributed by atoms with Crippen LogP contribution in [0.15, 0.2) is 71.6 Å². The van der Waals surface area contributed by atoms with Gasteiger partial charge in [-0.1, -0.05) is 41.9 Å². The topological polar surface area (TPSA) is 21.3 Å². The Morgan fingerprint density at radius 3 is 2.48 bits per heavy atom. The first kappa shape index (κ1) is 24.0. The molecule has 0 aromatic heterocycles. The number of benzene rings is 3. The van der Waals surface area contributed by atoms with E-state index in [2.05, 4.69) is 46.2 Å². The Kier molecular flexibility index (Phi) is 10.3. The van der Waals surface area contributed by atoms with Crippen LogP contribution in [0.25, 0.3) is 0 Å². The molecule has 29 heavy (non-hydrogen) atoms. The first-order valence-corrected chi connectivity index (χ1v) is 11.5. The van der Waals surface area contributed by atoms with Crippen molar-refractivity contribution in [3.05, 3.63) is 88.7 Å². The Balaban J connectivity index is 0.000000313. The van der Waals surface area contributed by atoms with Gasteiger partial charge in [-0.15, -0.1) is 21.9 Å². The molecule has 2 nitrogen and oxygen atoms in total. The second-order valence-corrected chi connectivity index (χ2v) is 8.35. The predicted octanol–water partition coefficient (Wildman–Crippen LogP) is 6.92. The van der Waals surface area contributed by atoms with Crippen molar-refractivity contribution in [2.45, 2.75) is 24.5 Å². The van der Waals surface area contributed by atoms with Crippen molar-refractivity contribution in [2.24, 2.45) is 0 Å². The molecule has 0 aliphatic carbocycles. The summed E-state index contributed by atoms with van der Waals surface area (Å²) in [5.41, 5.74) is 3.07. The van der Waals surface area contributed by atoms with Crippen LogP contribution in [0.3, 0.4) is 0 Å². The molecule has 0 spiro atoms. The van der Waals surface area contributed by atoms with Gasteiger partial charge in [0.1, 0.15) is 5.82 Å². The van der Waals surface area contributed by atoms with Gasteiger partial charge in [0.05, 0.1) is 6.61 Å². The standard InChI is InChI=1S/C16H19FNOPS.C6H5ClS/c1-11(18-15-9-13(17)7-8-16(15)20)14-6-4-3-5-12(14)10-19-21-2;7-5-1-3-6(8)4-2-5/h3-9,11,18H,10,20H2,1-2H3;1-4,8H. The summed E-state index contributed by atoms with van der Waals surface area (Å²) in [4.78, 5) is 0.939. The molecule has 0 aliphatic heterocycles. The van der Waals surface area contributed by atoms with Gasteiger partial charge in [0, 0.05) is 27.9 Å². The maximum atomic E-state index is 13.4. The second kappa shape index (κ2) is 12.5. The molecule has 3 aromatic rings. The molecule has 0 amide bonds. The van der Waals surface area contributed by atoms with Crippen molar-refractivity contribution in [1.29, 1.82) is 0 Å². The quantitative estimate of drug-likeness (QED) is 0.233. The van der Waals surface area contributed by atoms with E-state index in [1.165, 1.54) is 24.2 Å². The molecule has 0 radical (unpaired) electrons. The van der Waals surface area contributed by atoms with Crippen LogP contribution < -0.4 is 10.6 Å². The van der Waals surface area contributed by atoms with E-state index in [0.29, 0.717) is 6.61 Å². The summed E-state index contributed by atoms with van der Waals surface area (Å²) in [6, 6.07) is 20.2. The number of rotatable bonds is 6. The molecule has 3 aromatic carbocycles. The number of thiol groups is 1. The number of hydrogen-bond donors (Lipinski definition) is 2. The highest BCUT2D eigenvalue weighted by atomic mass is 35.5. The first-order valence-electron chi connectivity index (χ1n) is 8.90. The number of halogens is 2. The van der Waals surface area contributed by atoms with E-state index in [0.717, 1.165) is 32.0 Å². The molecular weight excluding hydrogens is 444 g/mol. The SMILES string of the molecule is CSOCc1ccccc1C(C)Nc1cc(F)ccc1P.Sc1ccc(Cl)cc1. The lowest BCUT2D eigenvalue weighted by atomic mass is 10.0. The summed E-state index contributed by atoms with van der Waals surface area (Å²) in [5, 5.41) is 5.06. The number of anilines is 1. The molecule has 0 bridgehead atoms. The maximum Gasteiger partial charge on any atom is 0.125 e. The lowest BCUT2D eigenvalue weighted by molar-refractivity contribution is 0.363. The Morgan fingerprint density at radius 1 is 1.14 bits per heavy atom. The average Bonchev–Trinajstić information content (AvgIpc) is 2.72. The van der Waals surface area contributed by atoms with Gasteiger partial charge < -0.3 is 9.50 Å². The van der Waals surface area contributed by atoms with E-state index < -0.39 is 0 Å². The highest BCUT2D eigenvalue weighted by Crippen LogP contribution is 2.24. The monoisotopic (exact) mass is 467 g/mol. The fraction of sp³-hybridized carbons (Fsp3) is 0.182. The molecule has 7 heteroatoms. The smallest absolute Gasteiger partial charge is 0.125 e. The van der Waals surface area contributed by atoms with Crippen LogP contribution in [0.4, 0.5) is 10.1 Å². The first-order chi connectivity index (χ1) is 13.9. The second-order valence-electron chi connectivity index (χ2n) is 6.20. The summed E-state index contributed by atoms with van der Waals surface area (Å²) in [6.45, 7) is 2.62. The Bertz CT molecular complexity index is 891. The van der Waals surface area contributed by atoms with Crippen molar-refractivity contribution in [3.8, 4) is 0 Å². The fourth-order valence-corrected chi connectivity index (χ4v) is 3.40. The molecular formula is C22H24ClFNOPS2. The van der Waals surface area contributed by atoms with Crippen LogP contribution in [0.2, 0.25) is 5.02 Å². The van der Waals surface area contributed by atoms with Crippen molar-refractivity contribution in [1.82, 2.24) is 0 Å². The molecule has 1 N–H and O–H groups in total. The molecule has 2 unspecified atom stereocenters. The zero-order chi connectivity index (χ0) is 21.2. The summed E-state index contributed by atoms with van der Waals surface area (Å²) >= 11 is 11.0. The van der Waals surface area contributed by atoms with Crippen molar-refractivity contribution in [2.75, 3.05) is 11.6 Å². The Labute approximate surface area is 189 Å². The largest absolute Gasteiger partial charge is 0.378 e. The van der Waals surface area contributed by atoms with Crippen LogP contribution in [0.1, 0.15) is 24.1 Å². The third kappa shape index (κ3) is 8.19. The van der Waals surface area contributed by atoms with E-state index in [4.69, 9.17) is 15.8 Å². The zero-order valence-corrected chi connectivity index (χ0v) is 19.9. The van der Waals surface area contributed by atoms with Crippen LogP contribution in [-0.4, -0.2) is 6.26 Å². The molecule has 3 rings (SSSR count). The van der Waals surface area contributed by atoms with Crippen LogP contribution in [0.5, 0.6) is 0 Å². The fourth-order valence-electron chi connectivity index (χ4n) is 2.62. The molecule has 0 heterocycles. The van der Waals surface area contributed by atoms with Crippen molar-refractivity contribution >= 4 is 56.5 Å². The van der Waals surface area contributed by atoms with Crippen molar-refractivity contribution in [3.63, 3.8) is 0 Å². The van der Waals surface area contributed by atoms with Crippen LogP contribution >= 0.6 is 45.5 Å². The number of nitrogens with one attached hydrogen (secondary N) is 1. The summed E-state index contributed by atoms with van der Waals surface area (Å²) in [6.07, 6.45) is 1.90. The minimum atomic E-state index is -0.241. The van der Waals surface area contributed by atoms with Gasteiger partial charge in [-0.05, 0) is 71.8 Å². The van der Waals surface area contributed by atoms with E-state index in [9.17, 15) is 4.39 Å². The lowest BCUT2D eigenvalue weighted by Crippen LogP contribution is -2.13. The third-order valence-electron chi connectivity index (χ3n) is 4.07. The molecule has 2 atom stereocenters. The number of hydrogen-bond acceptors (Lipinski definition) is 4. The van der Waals surface area contributed by atoms with E-state index in [1.54, 1.807) is 6.07 Å². The highest BCUT2D eigenvalue weighted by molar-refractivity contribution is 7.93. The van der Waals surface area contributed by atoms with Gasteiger partial charge in [-0.2, -0.15) is 0 Å². The molecule has 154 valence electrons. The minimum absolute atomic E-state index is 0.0627. The highest BCUT2D eigenvalue weighted by Gasteiger charge is 2.12. The van der Waals surface area contributed by atoms with Gasteiger partial charge in [0.15, 0.2) is 0 Å². The summed E-state index contributed by atoms with van der Waals surface area (Å²) in [5.74, 6) is -0.241. The van der Waals surface area contributed by atoms with Crippen LogP contribution in [0, 0.1) is 5.82 Å². The average molecular weight is 468 g/mol.